The SMILES string of the molecule is C=CO[PH](=O)OC(OC(=O)C(C)(C)C)OC(=O)C(C)(C)C. The summed E-state index contributed by atoms with van der Waals surface area (Å²) in [7, 11) is -3.04. The summed E-state index contributed by atoms with van der Waals surface area (Å²) in [4.78, 5) is 23.6. The first-order valence-electron chi connectivity index (χ1n) is 6.28. The third-order valence-electron chi connectivity index (χ3n) is 2.00. The molecule has 0 N–H and O–H groups in total. The van der Waals surface area contributed by atoms with E-state index in [1.165, 1.54) is 0 Å². The fraction of sp³-hybridized carbons (Fsp3) is 0.692. The Morgan fingerprint density at radius 1 is 1.00 bits per heavy atom. The zero-order valence-electron chi connectivity index (χ0n) is 13.2. The van der Waals surface area contributed by atoms with Gasteiger partial charge in [-0.2, -0.15) is 0 Å². The minimum Gasteiger partial charge on any atom is -0.435 e. The van der Waals surface area contributed by atoms with Crippen LogP contribution in [0.5, 0.6) is 0 Å². The average molecular weight is 322 g/mol. The van der Waals surface area contributed by atoms with Gasteiger partial charge in [0.25, 0.3) is 0 Å². The Bertz CT molecular complexity index is 389. The lowest BCUT2D eigenvalue weighted by molar-refractivity contribution is -0.245. The summed E-state index contributed by atoms with van der Waals surface area (Å²) in [6, 6.07) is 0. The number of carbonyl (C=O) groups is 2. The van der Waals surface area contributed by atoms with E-state index in [1.54, 1.807) is 41.5 Å². The van der Waals surface area contributed by atoms with Gasteiger partial charge in [0.15, 0.2) is 0 Å². The molecule has 0 fully saturated rings. The third-order valence-corrected chi connectivity index (χ3v) is 2.75. The van der Waals surface area contributed by atoms with Crippen LogP contribution in [0.3, 0.4) is 0 Å². The van der Waals surface area contributed by atoms with Crippen LogP contribution in [0.1, 0.15) is 41.5 Å². The van der Waals surface area contributed by atoms with E-state index in [9.17, 15) is 14.2 Å². The summed E-state index contributed by atoms with van der Waals surface area (Å²) in [5, 5.41) is 0. The molecule has 0 saturated carbocycles. The minimum absolute atomic E-state index is 0.678. The van der Waals surface area contributed by atoms with Gasteiger partial charge >= 0.3 is 26.7 Å². The van der Waals surface area contributed by atoms with E-state index in [-0.39, 0.29) is 0 Å². The number of rotatable bonds is 6. The Hall–Kier alpha value is -1.33. The summed E-state index contributed by atoms with van der Waals surface area (Å²) in [5.74, 6) is -1.36. The normalized spacial score (nSPS) is 13.5. The molecule has 0 bridgehead atoms. The Kier molecular flexibility index (Phi) is 7.13. The summed E-state index contributed by atoms with van der Waals surface area (Å²) in [5.41, 5.74) is -1.68. The monoisotopic (exact) mass is 322 g/mol. The second-order valence-electron chi connectivity index (χ2n) is 6.25. The van der Waals surface area contributed by atoms with Gasteiger partial charge in [0.05, 0.1) is 17.1 Å². The molecular formula is C13H23O7P. The van der Waals surface area contributed by atoms with Crippen LogP contribution in [-0.2, 0) is 32.7 Å². The summed E-state index contributed by atoms with van der Waals surface area (Å²) < 4.78 is 30.5. The zero-order chi connectivity index (χ0) is 16.8. The molecule has 0 amide bonds. The van der Waals surface area contributed by atoms with Crippen LogP contribution in [0.15, 0.2) is 12.8 Å². The number of ether oxygens (including phenoxy) is 2. The highest BCUT2D eigenvalue weighted by Crippen LogP contribution is 2.29. The maximum Gasteiger partial charge on any atom is 0.373 e. The Morgan fingerprint density at radius 3 is 1.67 bits per heavy atom. The molecule has 1 atom stereocenters. The van der Waals surface area contributed by atoms with Gasteiger partial charge in [-0.25, -0.2) is 9.09 Å². The number of esters is 2. The first-order valence-corrected chi connectivity index (χ1v) is 7.50. The van der Waals surface area contributed by atoms with Gasteiger partial charge < -0.3 is 14.0 Å². The molecule has 0 saturated heterocycles. The molecule has 0 rings (SSSR count). The lowest BCUT2D eigenvalue weighted by Gasteiger charge is -2.25. The molecular weight excluding hydrogens is 299 g/mol. The van der Waals surface area contributed by atoms with Gasteiger partial charge in [0.2, 0.25) is 0 Å². The summed E-state index contributed by atoms with van der Waals surface area (Å²) in [6.45, 7) is 11.1. The zero-order valence-corrected chi connectivity index (χ0v) is 14.2. The molecule has 0 heterocycles. The minimum atomic E-state index is -3.04. The predicted octanol–water partition coefficient (Wildman–Crippen LogP) is 3.02. The van der Waals surface area contributed by atoms with E-state index in [0.29, 0.717) is 0 Å². The van der Waals surface area contributed by atoms with E-state index < -0.39 is 37.5 Å². The molecule has 0 aliphatic rings. The number of hydrogen-bond donors (Lipinski definition) is 0. The van der Waals surface area contributed by atoms with Crippen LogP contribution in [0.25, 0.3) is 0 Å². The first kappa shape index (κ1) is 19.7. The Morgan fingerprint density at radius 2 is 1.38 bits per heavy atom. The second kappa shape index (κ2) is 7.61. The topological polar surface area (TPSA) is 88.1 Å². The van der Waals surface area contributed by atoms with Crippen molar-refractivity contribution in [1.29, 1.82) is 0 Å². The van der Waals surface area contributed by atoms with Crippen LogP contribution in [0, 0.1) is 10.8 Å². The van der Waals surface area contributed by atoms with Crippen molar-refractivity contribution in [2.75, 3.05) is 0 Å². The molecule has 0 spiro atoms. The van der Waals surface area contributed by atoms with Crippen LogP contribution < -0.4 is 0 Å². The van der Waals surface area contributed by atoms with Crippen molar-refractivity contribution in [3.63, 3.8) is 0 Å². The molecule has 21 heavy (non-hydrogen) atoms. The third kappa shape index (κ3) is 7.87. The van der Waals surface area contributed by atoms with E-state index in [1.807, 2.05) is 0 Å². The number of carbonyl (C=O) groups excluding carboxylic acids is 2. The van der Waals surface area contributed by atoms with Crippen molar-refractivity contribution in [2.24, 2.45) is 10.8 Å². The van der Waals surface area contributed by atoms with E-state index in [2.05, 4.69) is 11.1 Å². The van der Waals surface area contributed by atoms with Gasteiger partial charge in [-0.1, -0.05) is 6.58 Å². The van der Waals surface area contributed by atoms with Crippen molar-refractivity contribution in [2.45, 2.75) is 48.0 Å². The molecule has 122 valence electrons. The smallest absolute Gasteiger partial charge is 0.373 e. The fourth-order valence-corrected chi connectivity index (χ4v) is 1.22. The molecule has 0 aliphatic carbocycles. The van der Waals surface area contributed by atoms with E-state index >= 15 is 0 Å². The quantitative estimate of drug-likeness (QED) is 0.321. The highest BCUT2D eigenvalue weighted by atomic mass is 31.1. The van der Waals surface area contributed by atoms with Crippen molar-refractivity contribution >= 4 is 20.2 Å². The standard InChI is InChI=1S/C13H23O7P/c1-8-17-21(16)20-11(18-9(14)12(2,3)4)19-10(15)13(5,6)7/h8,11,21H,1H2,2-7H3. The van der Waals surface area contributed by atoms with Crippen LogP contribution in [0.2, 0.25) is 0 Å². The first-order chi connectivity index (χ1) is 9.37. The molecule has 7 nitrogen and oxygen atoms in total. The largest absolute Gasteiger partial charge is 0.435 e. The van der Waals surface area contributed by atoms with Gasteiger partial charge in [0, 0.05) is 0 Å². The molecule has 0 aromatic heterocycles. The molecule has 0 aliphatic heterocycles. The maximum atomic E-state index is 11.8. The van der Waals surface area contributed by atoms with Crippen molar-refractivity contribution in [1.82, 2.24) is 0 Å². The van der Waals surface area contributed by atoms with Crippen LogP contribution in [0.4, 0.5) is 0 Å². The second-order valence-corrected chi connectivity index (χ2v) is 7.22. The van der Waals surface area contributed by atoms with E-state index in [0.717, 1.165) is 6.26 Å². The fourth-order valence-electron chi connectivity index (χ4n) is 0.775. The Labute approximate surface area is 125 Å². The lowest BCUT2D eigenvalue weighted by atomic mass is 9.97. The number of hydrogen-bond acceptors (Lipinski definition) is 7. The van der Waals surface area contributed by atoms with Gasteiger partial charge in [-0.3, -0.25) is 9.59 Å². The average Bonchev–Trinajstić information content (AvgIpc) is 2.26. The molecule has 8 heteroatoms. The molecule has 0 radical (unpaired) electrons. The Balaban J connectivity index is 4.93. The van der Waals surface area contributed by atoms with Crippen molar-refractivity contribution in [3.8, 4) is 0 Å². The highest BCUT2D eigenvalue weighted by molar-refractivity contribution is 7.33. The van der Waals surface area contributed by atoms with Gasteiger partial charge in [-0.05, 0) is 41.5 Å². The molecule has 0 aromatic rings. The lowest BCUT2D eigenvalue weighted by Crippen LogP contribution is -2.35. The summed E-state index contributed by atoms with van der Waals surface area (Å²) in [6.07, 6.45) is 0.912. The van der Waals surface area contributed by atoms with Crippen LogP contribution >= 0.6 is 8.25 Å². The van der Waals surface area contributed by atoms with Gasteiger partial charge in [0.1, 0.15) is 0 Å². The maximum absolute atomic E-state index is 11.8. The molecule has 1 unspecified atom stereocenters. The summed E-state index contributed by atoms with van der Waals surface area (Å²) >= 11 is 0. The van der Waals surface area contributed by atoms with Crippen LogP contribution in [-0.4, -0.2) is 18.4 Å². The van der Waals surface area contributed by atoms with Crippen molar-refractivity contribution in [3.05, 3.63) is 12.8 Å². The van der Waals surface area contributed by atoms with Gasteiger partial charge in [-0.15, -0.1) is 0 Å². The van der Waals surface area contributed by atoms with E-state index in [4.69, 9.17) is 14.0 Å². The predicted molar refractivity (Wildman–Crippen MR) is 76.3 cm³/mol. The molecule has 0 aromatic carbocycles. The van der Waals surface area contributed by atoms with Crippen molar-refractivity contribution < 1.29 is 32.7 Å². The highest BCUT2D eigenvalue weighted by Gasteiger charge is 2.33.